The number of benzene rings is 1. The van der Waals surface area contributed by atoms with Crippen molar-refractivity contribution in [3.63, 3.8) is 0 Å². The molecule has 0 radical (unpaired) electrons. The normalized spacial score (nSPS) is 17.9. The minimum Gasteiger partial charge on any atom is -0.377 e. The maximum atomic E-state index is 5.72. The quantitative estimate of drug-likeness (QED) is 0.825. The molecule has 1 aliphatic rings. The lowest BCUT2D eigenvalue weighted by Gasteiger charge is -2.44. The Balaban J connectivity index is 2.45. The fraction of sp³-hybridized carbons (Fsp3) is 0.571. The Morgan fingerprint density at radius 3 is 2.71 bits per heavy atom. The molecule has 3 N–H and O–H groups in total. The lowest BCUT2D eigenvalue weighted by molar-refractivity contribution is 0.506. The van der Waals surface area contributed by atoms with Crippen LogP contribution in [-0.2, 0) is 6.54 Å². The number of anilines is 2. The maximum absolute atomic E-state index is 5.72. The van der Waals surface area contributed by atoms with Crippen LogP contribution >= 0.6 is 0 Å². The number of hydrogen-bond donors (Lipinski definition) is 2. The predicted octanol–water partition coefficient (Wildman–Crippen LogP) is 2.56. The van der Waals surface area contributed by atoms with Crippen LogP contribution in [0.25, 0.3) is 0 Å². The van der Waals surface area contributed by atoms with Crippen molar-refractivity contribution in [1.82, 2.24) is 0 Å². The highest BCUT2D eigenvalue weighted by Crippen LogP contribution is 2.36. The Bertz CT molecular complexity index is 410. The average Bonchev–Trinajstić information content (AvgIpc) is 2.26. The van der Waals surface area contributed by atoms with Crippen LogP contribution in [0.15, 0.2) is 18.2 Å². The van der Waals surface area contributed by atoms with Crippen LogP contribution in [-0.4, -0.2) is 18.1 Å². The van der Waals surface area contributed by atoms with E-state index in [1.807, 2.05) is 0 Å². The number of nitrogens with two attached hydrogens (primary N) is 1. The lowest BCUT2D eigenvalue weighted by atomic mass is 9.97. The van der Waals surface area contributed by atoms with Crippen LogP contribution in [0, 0.1) is 0 Å². The van der Waals surface area contributed by atoms with E-state index in [0.29, 0.717) is 12.6 Å². The smallest absolute Gasteiger partial charge is 0.0608 e. The molecule has 1 aromatic carbocycles. The van der Waals surface area contributed by atoms with E-state index in [1.165, 1.54) is 16.9 Å². The summed E-state index contributed by atoms with van der Waals surface area (Å²) in [7, 11) is 0. The average molecular weight is 233 g/mol. The van der Waals surface area contributed by atoms with Crippen molar-refractivity contribution in [2.24, 2.45) is 5.73 Å². The van der Waals surface area contributed by atoms with Crippen LogP contribution in [0.1, 0.15) is 33.3 Å². The Morgan fingerprint density at radius 2 is 2.12 bits per heavy atom. The van der Waals surface area contributed by atoms with Crippen LogP contribution < -0.4 is 16.0 Å². The van der Waals surface area contributed by atoms with Crippen molar-refractivity contribution in [2.45, 2.75) is 45.8 Å². The Hall–Kier alpha value is -1.22. The molecule has 3 nitrogen and oxygen atoms in total. The number of rotatable bonds is 2. The van der Waals surface area contributed by atoms with Gasteiger partial charge in [0.1, 0.15) is 0 Å². The summed E-state index contributed by atoms with van der Waals surface area (Å²) in [6.45, 7) is 10.6. The minimum atomic E-state index is 0.113. The van der Waals surface area contributed by atoms with Crippen LogP contribution in [0.4, 0.5) is 11.4 Å². The summed E-state index contributed by atoms with van der Waals surface area (Å²) in [4.78, 5) is 2.45. The van der Waals surface area contributed by atoms with E-state index in [1.54, 1.807) is 0 Å². The first-order valence-corrected chi connectivity index (χ1v) is 6.31. The fourth-order valence-corrected chi connectivity index (χ4v) is 2.42. The monoisotopic (exact) mass is 233 g/mol. The molecule has 1 heterocycles. The molecule has 0 unspecified atom stereocenters. The molecule has 1 aromatic rings. The standard InChI is InChI=1S/C14H23N3/c1-10(2)17-9-14(3,4)16-12-6-5-11(8-15)7-13(12)17/h5-7,10,16H,8-9,15H2,1-4H3. The van der Waals surface area contributed by atoms with Crippen molar-refractivity contribution in [3.8, 4) is 0 Å². The van der Waals surface area contributed by atoms with Crippen LogP contribution in [0.5, 0.6) is 0 Å². The number of nitrogens with zero attached hydrogens (tertiary/aromatic N) is 1. The highest BCUT2D eigenvalue weighted by atomic mass is 15.2. The van der Waals surface area contributed by atoms with Crippen molar-refractivity contribution in [3.05, 3.63) is 23.8 Å². The van der Waals surface area contributed by atoms with Gasteiger partial charge in [0.15, 0.2) is 0 Å². The van der Waals surface area contributed by atoms with Gasteiger partial charge in [-0.15, -0.1) is 0 Å². The molecule has 94 valence electrons. The minimum absolute atomic E-state index is 0.113. The molecule has 17 heavy (non-hydrogen) atoms. The first-order chi connectivity index (χ1) is 7.93. The van der Waals surface area contributed by atoms with Crippen LogP contribution in [0.2, 0.25) is 0 Å². The topological polar surface area (TPSA) is 41.3 Å². The predicted molar refractivity (Wildman–Crippen MR) is 74.5 cm³/mol. The van der Waals surface area contributed by atoms with Crippen molar-refractivity contribution >= 4 is 11.4 Å². The summed E-state index contributed by atoms with van der Waals surface area (Å²) in [6, 6.07) is 6.96. The third-order valence-electron chi connectivity index (χ3n) is 3.27. The lowest BCUT2D eigenvalue weighted by Crippen LogP contribution is -2.50. The summed E-state index contributed by atoms with van der Waals surface area (Å²) >= 11 is 0. The Morgan fingerprint density at radius 1 is 1.41 bits per heavy atom. The van der Waals surface area contributed by atoms with E-state index in [9.17, 15) is 0 Å². The van der Waals surface area contributed by atoms with Crippen molar-refractivity contribution < 1.29 is 0 Å². The molecule has 0 saturated heterocycles. The zero-order chi connectivity index (χ0) is 12.6. The van der Waals surface area contributed by atoms with Gasteiger partial charge in [0.05, 0.1) is 11.4 Å². The van der Waals surface area contributed by atoms with E-state index < -0.39 is 0 Å². The fourth-order valence-electron chi connectivity index (χ4n) is 2.42. The molecule has 0 amide bonds. The van der Waals surface area contributed by atoms with Gasteiger partial charge in [-0.3, -0.25) is 0 Å². The first kappa shape index (κ1) is 12.2. The van der Waals surface area contributed by atoms with Gasteiger partial charge in [0, 0.05) is 24.7 Å². The SMILES string of the molecule is CC(C)N1CC(C)(C)Nc2ccc(CN)cc21. The second-order valence-electron chi connectivity index (χ2n) is 5.79. The van der Waals surface area contributed by atoms with E-state index in [-0.39, 0.29) is 5.54 Å². The summed E-state index contributed by atoms with van der Waals surface area (Å²) in [5.74, 6) is 0. The van der Waals surface area contributed by atoms with E-state index in [4.69, 9.17) is 5.73 Å². The maximum Gasteiger partial charge on any atom is 0.0608 e. The van der Waals surface area contributed by atoms with Gasteiger partial charge in [-0.05, 0) is 45.4 Å². The molecule has 0 fully saturated rings. The molecule has 0 spiro atoms. The third kappa shape index (κ3) is 2.39. The van der Waals surface area contributed by atoms with Gasteiger partial charge in [-0.2, -0.15) is 0 Å². The first-order valence-electron chi connectivity index (χ1n) is 6.31. The van der Waals surface area contributed by atoms with E-state index in [0.717, 1.165) is 6.54 Å². The Labute approximate surface area is 104 Å². The molecular weight excluding hydrogens is 210 g/mol. The highest BCUT2D eigenvalue weighted by molar-refractivity contribution is 5.74. The molecular formula is C14H23N3. The summed E-state index contributed by atoms with van der Waals surface area (Å²) in [5.41, 5.74) is 9.52. The van der Waals surface area contributed by atoms with Gasteiger partial charge < -0.3 is 16.0 Å². The van der Waals surface area contributed by atoms with E-state index in [2.05, 4.69) is 56.1 Å². The largest absolute Gasteiger partial charge is 0.377 e. The molecule has 0 aromatic heterocycles. The van der Waals surface area contributed by atoms with Gasteiger partial charge >= 0.3 is 0 Å². The van der Waals surface area contributed by atoms with Gasteiger partial charge in [0.2, 0.25) is 0 Å². The molecule has 0 bridgehead atoms. The number of fused-ring (bicyclic) bond motifs is 1. The molecule has 3 heteroatoms. The zero-order valence-electron chi connectivity index (χ0n) is 11.2. The van der Waals surface area contributed by atoms with Crippen LogP contribution in [0.3, 0.4) is 0 Å². The number of nitrogens with one attached hydrogen (secondary N) is 1. The second kappa shape index (κ2) is 4.22. The molecule has 0 atom stereocenters. The summed E-state index contributed by atoms with van der Waals surface area (Å²) in [6.07, 6.45) is 0. The second-order valence-corrected chi connectivity index (χ2v) is 5.79. The molecule has 0 saturated carbocycles. The van der Waals surface area contributed by atoms with Gasteiger partial charge in [-0.1, -0.05) is 6.07 Å². The molecule has 0 aliphatic carbocycles. The van der Waals surface area contributed by atoms with Crippen molar-refractivity contribution in [1.29, 1.82) is 0 Å². The Kier molecular flexibility index (Phi) is 3.04. The number of hydrogen-bond acceptors (Lipinski definition) is 3. The molecule has 1 aliphatic heterocycles. The highest BCUT2D eigenvalue weighted by Gasteiger charge is 2.30. The summed E-state index contributed by atoms with van der Waals surface area (Å²) in [5, 5.41) is 3.59. The summed E-state index contributed by atoms with van der Waals surface area (Å²) < 4.78 is 0. The van der Waals surface area contributed by atoms with Crippen molar-refractivity contribution in [2.75, 3.05) is 16.8 Å². The molecule has 2 rings (SSSR count). The van der Waals surface area contributed by atoms with Gasteiger partial charge in [0.25, 0.3) is 0 Å². The zero-order valence-corrected chi connectivity index (χ0v) is 11.2. The van der Waals surface area contributed by atoms with E-state index >= 15 is 0 Å². The van der Waals surface area contributed by atoms with Gasteiger partial charge in [-0.25, -0.2) is 0 Å². The third-order valence-corrected chi connectivity index (χ3v) is 3.27.